The fourth-order valence-electron chi connectivity index (χ4n) is 6.36. The number of thiophene rings is 1. The molecule has 0 aliphatic heterocycles. The molecule has 0 radical (unpaired) electrons. The number of halogens is 2. The number of amides is 1. The van der Waals surface area contributed by atoms with Crippen LogP contribution in [0.4, 0.5) is 50.1 Å². The SMILES string of the molecule is CCC(=O)Nc1cccc(-c2c(N=Nc3ccc4cccc(S(=O)(=O)O)c4c3)sc(N=Nc3c(Nc4ccc(Cl)cc4)nc(Nc4ccc(Cl)c(S(=O)(=O)O)c4)c(C#N)c3C)c2C#N)c1. The van der Waals surface area contributed by atoms with Gasteiger partial charge in [-0.1, -0.05) is 71.8 Å². The lowest BCUT2D eigenvalue weighted by Crippen LogP contribution is -2.09. The Hall–Kier alpha value is -7.14. The van der Waals surface area contributed by atoms with E-state index in [1.165, 1.54) is 30.3 Å². The van der Waals surface area contributed by atoms with Crippen molar-refractivity contribution in [2.45, 2.75) is 30.1 Å². The molecule has 7 rings (SSSR count). The zero-order valence-corrected chi connectivity index (χ0v) is 37.5. The number of fused-ring (bicyclic) bond motifs is 1. The molecule has 0 aliphatic carbocycles. The first-order valence-corrected chi connectivity index (χ1v) is 23.2. The Bertz CT molecular complexity index is 3440. The maximum Gasteiger partial charge on any atom is 0.296 e. The average molecular weight is 966 g/mol. The molecule has 17 nitrogen and oxygen atoms in total. The summed E-state index contributed by atoms with van der Waals surface area (Å²) >= 11 is 13.1. The molecule has 0 saturated heterocycles. The second-order valence-corrected chi connectivity index (χ2v) is 18.3. The van der Waals surface area contributed by atoms with Crippen LogP contribution in [0, 0.1) is 29.6 Å². The predicted molar refractivity (Wildman–Crippen MR) is 248 cm³/mol. The first-order chi connectivity index (χ1) is 31.0. The Labute approximate surface area is 385 Å². The Morgan fingerprint density at radius 3 is 2.11 bits per heavy atom. The van der Waals surface area contributed by atoms with Gasteiger partial charge in [0.1, 0.15) is 38.2 Å². The van der Waals surface area contributed by atoms with E-state index in [1.54, 1.807) is 80.6 Å². The molecule has 5 aromatic carbocycles. The van der Waals surface area contributed by atoms with Crippen molar-refractivity contribution in [3.8, 4) is 23.3 Å². The van der Waals surface area contributed by atoms with Gasteiger partial charge in [0.25, 0.3) is 20.2 Å². The number of nitrogens with zero attached hydrogens (tertiary/aromatic N) is 7. The molecule has 7 aromatic rings. The average Bonchev–Trinajstić information content (AvgIpc) is 3.63. The topological polar surface area (TPSA) is 272 Å². The number of anilines is 5. The minimum atomic E-state index is -4.72. The third-order valence-corrected chi connectivity index (χ3v) is 12.9. The number of aromatic nitrogens is 1. The maximum absolute atomic E-state index is 12.3. The number of hydrogen-bond donors (Lipinski definition) is 5. The van der Waals surface area contributed by atoms with Crippen LogP contribution in [0.25, 0.3) is 21.9 Å². The second kappa shape index (κ2) is 18.9. The summed E-state index contributed by atoms with van der Waals surface area (Å²) in [5, 5.41) is 49.0. The van der Waals surface area contributed by atoms with E-state index in [2.05, 4.69) is 53.5 Å². The van der Waals surface area contributed by atoms with Crippen molar-refractivity contribution in [3.63, 3.8) is 0 Å². The van der Waals surface area contributed by atoms with Crippen LogP contribution in [0.3, 0.4) is 0 Å². The molecule has 2 heterocycles. The van der Waals surface area contributed by atoms with E-state index in [9.17, 15) is 41.3 Å². The van der Waals surface area contributed by atoms with E-state index in [0.717, 1.165) is 17.4 Å². The maximum atomic E-state index is 12.3. The smallest absolute Gasteiger partial charge is 0.296 e. The predicted octanol–water partition coefficient (Wildman–Crippen LogP) is 12.5. The molecule has 5 N–H and O–H groups in total. The van der Waals surface area contributed by atoms with E-state index in [-0.39, 0.29) is 88.6 Å². The summed E-state index contributed by atoms with van der Waals surface area (Å²) in [6, 6.07) is 30.4. The van der Waals surface area contributed by atoms with Gasteiger partial charge < -0.3 is 16.0 Å². The number of carbonyl (C=O) groups is 1. The van der Waals surface area contributed by atoms with Crippen molar-refractivity contribution < 1.29 is 30.7 Å². The summed E-state index contributed by atoms with van der Waals surface area (Å²) in [5.74, 6) is -0.214. The van der Waals surface area contributed by atoms with Gasteiger partial charge in [-0.3, -0.25) is 13.9 Å². The van der Waals surface area contributed by atoms with Crippen LogP contribution in [0.2, 0.25) is 10.0 Å². The molecular weight excluding hydrogens is 936 g/mol. The molecule has 65 heavy (non-hydrogen) atoms. The van der Waals surface area contributed by atoms with Gasteiger partial charge in [0.2, 0.25) is 5.91 Å². The molecule has 0 aliphatic rings. The Morgan fingerprint density at radius 2 is 1.42 bits per heavy atom. The second-order valence-electron chi connectivity index (χ2n) is 13.7. The zero-order chi connectivity index (χ0) is 46.6. The molecule has 0 bridgehead atoms. The highest BCUT2D eigenvalue weighted by atomic mass is 35.5. The Balaban J connectivity index is 1.38. The first kappa shape index (κ1) is 45.9. The highest BCUT2D eigenvalue weighted by molar-refractivity contribution is 7.86. The Morgan fingerprint density at radius 1 is 0.738 bits per heavy atom. The third-order valence-electron chi connectivity index (χ3n) is 9.45. The standard InChI is InChI=1S/C43H30Cl2N10O7S3/c1-3-37(56)48-28-8-4-7-25(18-28)38-33(22-47)42(63-43(38)55-52-30-13-10-24-6-5-9-35(31(24)19-30)64(57,58)59)54-53-39-23(2)32(21-46)40(51-41(39)49-27-14-11-26(44)12-15-27)50-29-16-17-34(45)36(20-29)65(60,61)62/h4-20H,3H2,1-2H3,(H,48,56)(H2,49,50,51)(H,57,58,59)(H,60,61,62). The van der Waals surface area contributed by atoms with E-state index >= 15 is 0 Å². The summed E-state index contributed by atoms with van der Waals surface area (Å²) in [6.07, 6.45) is 0.213. The Kier molecular flexibility index (Phi) is 13.3. The lowest BCUT2D eigenvalue weighted by Gasteiger charge is -2.16. The molecule has 1 amide bonds. The summed E-state index contributed by atoms with van der Waals surface area (Å²) in [5.41, 5.74) is 2.32. The van der Waals surface area contributed by atoms with Crippen molar-refractivity contribution in [1.29, 1.82) is 10.5 Å². The fraction of sp³-hybridized carbons (Fsp3) is 0.0698. The van der Waals surface area contributed by atoms with Gasteiger partial charge in [-0.05, 0) is 90.7 Å². The fourth-order valence-corrected chi connectivity index (χ4v) is 9.11. The van der Waals surface area contributed by atoms with E-state index in [4.69, 9.17) is 23.2 Å². The van der Waals surface area contributed by atoms with Crippen LogP contribution in [-0.4, -0.2) is 36.8 Å². The van der Waals surface area contributed by atoms with Crippen LogP contribution >= 0.6 is 34.5 Å². The van der Waals surface area contributed by atoms with Crippen LogP contribution < -0.4 is 16.0 Å². The van der Waals surface area contributed by atoms with Crippen LogP contribution in [0.1, 0.15) is 30.0 Å². The lowest BCUT2D eigenvalue weighted by atomic mass is 10.0. The minimum absolute atomic E-state index is 0.0211. The summed E-state index contributed by atoms with van der Waals surface area (Å²) in [7, 11) is -9.31. The molecule has 0 unspecified atom stereocenters. The number of carbonyl (C=O) groups excluding carboxylic acids is 1. The van der Waals surface area contributed by atoms with Gasteiger partial charge in [0.15, 0.2) is 16.6 Å². The molecule has 0 spiro atoms. The molecule has 0 atom stereocenters. The van der Waals surface area contributed by atoms with E-state index in [0.29, 0.717) is 27.3 Å². The van der Waals surface area contributed by atoms with E-state index < -0.39 is 25.1 Å². The van der Waals surface area contributed by atoms with Crippen LogP contribution in [0.15, 0.2) is 133 Å². The molecule has 326 valence electrons. The van der Waals surface area contributed by atoms with Crippen molar-refractivity contribution in [3.05, 3.63) is 130 Å². The number of pyridine rings is 1. The molecule has 2 aromatic heterocycles. The van der Waals surface area contributed by atoms with Gasteiger partial charge in [0.05, 0.1) is 16.3 Å². The van der Waals surface area contributed by atoms with Crippen molar-refractivity contribution in [1.82, 2.24) is 4.98 Å². The number of nitriles is 2. The van der Waals surface area contributed by atoms with Gasteiger partial charge >= 0.3 is 0 Å². The van der Waals surface area contributed by atoms with Gasteiger partial charge in [-0.2, -0.15) is 27.4 Å². The third kappa shape index (κ3) is 10.3. The molecule has 22 heteroatoms. The summed E-state index contributed by atoms with van der Waals surface area (Å²) in [6.45, 7) is 3.28. The lowest BCUT2D eigenvalue weighted by molar-refractivity contribution is -0.115. The quantitative estimate of drug-likeness (QED) is 0.0533. The number of hydrogen-bond acceptors (Lipinski definition) is 15. The van der Waals surface area contributed by atoms with Crippen molar-refractivity contribution in [2.24, 2.45) is 20.5 Å². The van der Waals surface area contributed by atoms with Crippen LogP contribution in [-0.2, 0) is 25.0 Å². The van der Waals surface area contributed by atoms with Gasteiger partial charge in [-0.15, -0.1) is 20.5 Å². The van der Waals surface area contributed by atoms with Gasteiger partial charge in [-0.25, -0.2) is 4.98 Å². The highest BCUT2D eigenvalue weighted by Crippen LogP contribution is 2.49. The summed E-state index contributed by atoms with van der Waals surface area (Å²) < 4.78 is 68.0. The monoisotopic (exact) mass is 964 g/mol. The zero-order valence-electron chi connectivity index (χ0n) is 33.6. The number of nitrogens with one attached hydrogen (secondary N) is 3. The molecule has 0 fully saturated rings. The minimum Gasteiger partial charge on any atom is -0.339 e. The highest BCUT2D eigenvalue weighted by Gasteiger charge is 2.24. The van der Waals surface area contributed by atoms with Crippen molar-refractivity contribution >= 4 is 122 Å². The van der Waals surface area contributed by atoms with E-state index in [1.807, 2.05) is 0 Å². The number of benzene rings is 5. The first-order valence-electron chi connectivity index (χ1n) is 18.8. The normalized spacial score (nSPS) is 11.8. The van der Waals surface area contributed by atoms with Crippen molar-refractivity contribution in [2.75, 3.05) is 16.0 Å². The van der Waals surface area contributed by atoms with Gasteiger partial charge in [0, 0.05) is 45.0 Å². The number of rotatable bonds is 13. The number of azo groups is 2. The largest absolute Gasteiger partial charge is 0.339 e. The molecule has 0 saturated carbocycles. The summed E-state index contributed by atoms with van der Waals surface area (Å²) in [4.78, 5) is 16.1. The molecular formula is C43H30Cl2N10O7S3. The van der Waals surface area contributed by atoms with Crippen LogP contribution in [0.5, 0.6) is 0 Å².